The van der Waals surface area contributed by atoms with E-state index in [1.165, 1.54) is 55.0 Å². The van der Waals surface area contributed by atoms with E-state index in [0.717, 1.165) is 28.3 Å². The number of carbonyl (C=O) groups excluding carboxylic acids is 1. The first kappa shape index (κ1) is 30.3. The van der Waals surface area contributed by atoms with Crippen LogP contribution in [0, 0.1) is 20.8 Å². The summed E-state index contributed by atoms with van der Waals surface area (Å²) in [6.07, 6.45) is 5.87. The van der Waals surface area contributed by atoms with Gasteiger partial charge in [-0.25, -0.2) is 13.2 Å². The number of hydrogen-bond donors (Lipinski definition) is 2. The third-order valence-electron chi connectivity index (χ3n) is 7.82. The van der Waals surface area contributed by atoms with Crippen molar-refractivity contribution in [2.24, 2.45) is 0 Å². The number of aromatic hydroxyl groups is 1. The topological polar surface area (TPSA) is 115 Å². The lowest BCUT2D eigenvalue weighted by atomic mass is 9.83. The quantitative estimate of drug-likeness (QED) is 0.326. The Kier molecular flexibility index (Phi) is 9.19. The van der Waals surface area contributed by atoms with Crippen LogP contribution in [0.2, 0.25) is 0 Å². The average molecular weight is 579 g/mol. The fourth-order valence-electron chi connectivity index (χ4n) is 5.85. The molecule has 218 valence electrons. The summed E-state index contributed by atoms with van der Waals surface area (Å²) < 4.78 is 28.2. The van der Waals surface area contributed by atoms with Crippen LogP contribution >= 0.6 is 0 Å². The molecule has 1 fully saturated rings. The van der Waals surface area contributed by atoms with Gasteiger partial charge in [0.15, 0.2) is 0 Å². The molecule has 0 bridgehead atoms. The number of nitrogens with zero attached hydrogens (tertiary/aromatic N) is 2. The lowest BCUT2D eigenvalue weighted by Crippen LogP contribution is -2.41. The van der Waals surface area contributed by atoms with E-state index >= 15 is 0 Å². The van der Waals surface area contributed by atoms with Gasteiger partial charge in [-0.1, -0.05) is 61.2 Å². The zero-order valence-electron chi connectivity index (χ0n) is 24.1. The molecule has 0 saturated heterocycles. The van der Waals surface area contributed by atoms with Crippen molar-refractivity contribution in [2.75, 3.05) is 18.5 Å². The van der Waals surface area contributed by atoms with Crippen LogP contribution in [0.5, 0.6) is 5.75 Å². The summed E-state index contributed by atoms with van der Waals surface area (Å²) >= 11 is 0. The number of carbonyl (C=O) groups is 2. The maximum Gasteiger partial charge on any atom is 0.339 e. The van der Waals surface area contributed by atoms with Gasteiger partial charge in [0.1, 0.15) is 11.3 Å². The number of amides is 1. The van der Waals surface area contributed by atoms with Crippen LogP contribution < -0.4 is 4.90 Å². The monoisotopic (exact) mass is 578 g/mol. The molecule has 1 aliphatic rings. The van der Waals surface area contributed by atoms with Gasteiger partial charge < -0.3 is 15.1 Å². The highest BCUT2D eigenvalue weighted by atomic mass is 32.2. The number of anilines is 1. The first-order valence-electron chi connectivity index (χ1n) is 13.9. The molecule has 0 heterocycles. The molecule has 3 aromatic carbocycles. The van der Waals surface area contributed by atoms with Crippen molar-refractivity contribution in [3.63, 3.8) is 0 Å². The van der Waals surface area contributed by atoms with Crippen molar-refractivity contribution in [3.05, 3.63) is 88.0 Å². The minimum Gasteiger partial charge on any atom is -0.507 e. The molecule has 0 atom stereocenters. The van der Waals surface area contributed by atoms with Gasteiger partial charge in [-0.15, -0.1) is 0 Å². The Labute approximate surface area is 242 Å². The minimum absolute atomic E-state index is 0.127. The van der Waals surface area contributed by atoms with Crippen molar-refractivity contribution < 1.29 is 28.2 Å². The summed E-state index contributed by atoms with van der Waals surface area (Å²) in [4.78, 5) is 26.8. The standard InChI is InChI=1S/C32H38N2O6S/c1-21-15-22(2)31(23(3)16-21)41(39,40)33(4)20-30(36)34(27-13-14-28(32(37)38)29(35)18-27)19-24-9-8-12-26(17-24)25-10-6-5-7-11-25/h8-9,12-18,25,35H,5-7,10-11,19-20H2,1-4H3,(H,37,38). The summed E-state index contributed by atoms with van der Waals surface area (Å²) in [7, 11) is -2.62. The summed E-state index contributed by atoms with van der Waals surface area (Å²) in [6, 6.07) is 15.6. The van der Waals surface area contributed by atoms with Gasteiger partial charge in [0.2, 0.25) is 15.9 Å². The van der Waals surface area contributed by atoms with Gasteiger partial charge >= 0.3 is 5.97 Å². The zero-order chi connectivity index (χ0) is 29.9. The van der Waals surface area contributed by atoms with Crippen molar-refractivity contribution in [2.45, 2.75) is 70.2 Å². The Bertz CT molecular complexity index is 1540. The highest BCUT2D eigenvalue weighted by molar-refractivity contribution is 7.89. The molecule has 0 unspecified atom stereocenters. The molecule has 41 heavy (non-hydrogen) atoms. The SMILES string of the molecule is Cc1cc(C)c(S(=O)(=O)N(C)CC(=O)N(Cc2cccc(C3CCCCC3)c2)c2ccc(C(=O)O)c(O)c2)c(C)c1. The Hall–Kier alpha value is -3.69. The molecule has 4 rings (SSSR count). The second-order valence-electron chi connectivity index (χ2n) is 11.1. The Balaban J connectivity index is 1.67. The van der Waals surface area contributed by atoms with Crippen LogP contribution in [0.15, 0.2) is 59.5 Å². The Morgan fingerprint density at radius 3 is 2.20 bits per heavy atom. The molecule has 1 amide bonds. The first-order chi connectivity index (χ1) is 19.4. The Morgan fingerprint density at radius 2 is 1.59 bits per heavy atom. The molecule has 1 aliphatic carbocycles. The van der Waals surface area contributed by atoms with Gasteiger partial charge in [0.05, 0.1) is 18.0 Å². The largest absolute Gasteiger partial charge is 0.507 e. The maximum absolute atomic E-state index is 13.8. The molecule has 2 N–H and O–H groups in total. The van der Waals surface area contributed by atoms with Crippen LogP contribution in [0.3, 0.4) is 0 Å². The third-order valence-corrected chi connectivity index (χ3v) is 9.93. The predicted octanol–water partition coefficient (Wildman–Crippen LogP) is 5.92. The van der Waals surface area contributed by atoms with Crippen molar-refractivity contribution in [1.29, 1.82) is 0 Å². The number of carboxylic acids is 1. The molecule has 0 aromatic heterocycles. The van der Waals surface area contributed by atoms with E-state index in [0.29, 0.717) is 17.0 Å². The van der Waals surface area contributed by atoms with Gasteiger partial charge in [-0.05, 0) is 73.9 Å². The summed E-state index contributed by atoms with van der Waals surface area (Å²) in [5.41, 5.74) is 4.21. The van der Waals surface area contributed by atoms with E-state index in [2.05, 4.69) is 12.1 Å². The number of aromatic carboxylic acids is 1. The molecule has 9 heteroatoms. The third kappa shape index (κ3) is 6.80. The Morgan fingerprint density at radius 1 is 0.927 bits per heavy atom. The average Bonchev–Trinajstić information content (AvgIpc) is 2.91. The number of carboxylic acid groups (broad SMARTS) is 1. The van der Waals surface area contributed by atoms with E-state index in [1.54, 1.807) is 26.0 Å². The molecule has 1 saturated carbocycles. The normalized spacial score (nSPS) is 14.3. The molecule has 0 aliphatic heterocycles. The van der Waals surface area contributed by atoms with E-state index in [4.69, 9.17) is 0 Å². The smallest absolute Gasteiger partial charge is 0.339 e. The summed E-state index contributed by atoms with van der Waals surface area (Å²) in [5.74, 6) is -1.81. The molecular formula is C32H38N2O6S. The molecule has 3 aromatic rings. The summed E-state index contributed by atoms with van der Waals surface area (Å²) in [5, 5.41) is 19.7. The van der Waals surface area contributed by atoms with Gasteiger partial charge in [-0.3, -0.25) is 4.79 Å². The summed E-state index contributed by atoms with van der Waals surface area (Å²) in [6.45, 7) is 5.05. The fourth-order valence-corrected chi connectivity index (χ4v) is 7.37. The second kappa shape index (κ2) is 12.4. The number of sulfonamides is 1. The second-order valence-corrected chi connectivity index (χ2v) is 13.0. The maximum atomic E-state index is 13.8. The molecule has 0 spiro atoms. The molecule has 8 nitrogen and oxygen atoms in total. The number of benzene rings is 3. The number of phenols is 1. The van der Waals surface area contributed by atoms with Crippen molar-refractivity contribution >= 4 is 27.6 Å². The minimum atomic E-state index is -3.99. The van der Waals surface area contributed by atoms with Crippen LogP contribution in [-0.2, 0) is 21.4 Å². The molecular weight excluding hydrogens is 540 g/mol. The van der Waals surface area contributed by atoms with Crippen LogP contribution in [0.1, 0.15) is 76.2 Å². The van der Waals surface area contributed by atoms with Crippen LogP contribution in [-0.4, -0.2) is 48.4 Å². The zero-order valence-corrected chi connectivity index (χ0v) is 24.9. The molecule has 0 radical (unpaired) electrons. The van der Waals surface area contributed by atoms with Crippen LogP contribution in [0.25, 0.3) is 0 Å². The lowest BCUT2D eigenvalue weighted by molar-refractivity contribution is -0.118. The van der Waals surface area contributed by atoms with E-state index in [9.17, 15) is 28.2 Å². The van der Waals surface area contributed by atoms with Gasteiger partial charge in [-0.2, -0.15) is 4.31 Å². The number of rotatable bonds is 9. The highest BCUT2D eigenvalue weighted by Gasteiger charge is 2.29. The number of likely N-dealkylation sites (N-methyl/N-ethyl adjacent to an activating group) is 1. The van der Waals surface area contributed by atoms with Crippen molar-refractivity contribution in [3.8, 4) is 5.75 Å². The number of hydrogen-bond acceptors (Lipinski definition) is 5. The first-order valence-corrected chi connectivity index (χ1v) is 15.3. The number of aryl methyl sites for hydroxylation is 3. The van der Waals surface area contributed by atoms with E-state index in [1.807, 2.05) is 19.1 Å². The fraction of sp³-hybridized carbons (Fsp3) is 0.375. The predicted molar refractivity (Wildman–Crippen MR) is 159 cm³/mol. The van der Waals surface area contributed by atoms with Crippen molar-refractivity contribution in [1.82, 2.24) is 4.31 Å². The highest BCUT2D eigenvalue weighted by Crippen LogP contribution is 2.34. The van der Waals surface area contributed by atoms with Gasteiger partial charge in [0.25, 0.3) is 0 Å². The van der Waals surface area contributed by atoms with Crippen LogP contribution in [0.4, 0.5) is 5.69 Å². The van der Waals surface area contributed by atoms with E-state index < -0.39 is 34.2 Å². The van der Waals surface area contributed by atoms with E-state index in [-0.39, 0.29) is 22.7 Å². The lowest BCUT2D eigenvalue weighted by Gasteiger charge is -2.27. The van der Waals surface area contributed by atoms with Gasteiger partial charge in [0, 0.05) is 18.8 Å².